The van der Waals surface area contributed by atoms with E-state index < -0.39 is 5.60 Å². The van der Waals surface area contributed by atoms with Crippen molar-refractivity contribution in [2.45, 2.75) is 12.0 Å². The van der Waals surface area contributed by atoms with E-state index in [1.807, 2.05) is 60.7 Å². The fraction of sp³-hybridized carbons (Fsp3) is 0.294. The summed E-state index contributed by atoms with van der Waals surface area (Å²) >= 11 is 0. The molecule has 0 fully saturated rings. The monoisotopic (exact) mass is 256 g/mol. The third kappa shape index (κ3) is 3.22. The van der Waals surface area contributed by atoms with Crippen LogP contribution in [-0.4, -0.2) is 25.7 Å². The van der Waals surface area contributed by atoms with Crippen molar-refractivity contribution >= 4 is 0 Å². The number of hydrogen-bond donors (Lipinski definition) is 2. The molecule has 0 spiro atoms. The third-order valence-corrected chi connectivity index (χ3v) is 3.49. The smallest absolute Gasteiger partial charge is 0.120 e. The normalized spacial score (nSPS) is 11.8. The van der Waals surface area contributed by atoms with Gasteiger partial charge in [0, 0.05) is 6.42 Å². The molecule has 2 nitrogen and oxygen atoms in total. The molecule has 0 unspecified atom stereocenters. The predicted octanol–water partition coefficient (Wildman–Crippen LogP) is 1.46. The van der Waals surface area contributed by atoms with Crippen molar-refractivity contribution in [3.05, 3.63) is 71.8 Å². The topological polar surface area (TPSA) is 24.7 Å². The van der Waals surface area contributed by atoms with Crippen LogP contribution in [0.5, 0.6) is 0 Å². The lowest BCUT2D eigenvalue weighted by molar-refractivity contribution is -0.859. The summed E-state index contributed by atoms with van der Waals surface area (Å²) in [6.45, 7) is 0.917. The zero-order chi connectivity index (χ0) is 13.7. The highest BCUT2D eigenvalue weighted by atomic mass is 16.3. The maximum absolute atomic E-state index is 11.2. The van der Waals surface area contributed by atoms with Crippen molar-refractivity contribution < 1.29 is 10.0 Å². The van der Waals surface area contributed by atoms with Crippen LogP contribution in [0.15, 0.2) is 60.7 Å². The van der Waals surface area contributed by atoms with Crippen LogP contribution < -0.4 is 4.90 Å². The largest absolute Gasteiger partial charge is 0.380 e. The van der Waals surface area contributed by atoms with Crippen LogP contribution in [-0.2, 0) is 5.60 Å². The molecule has 2 heteroatoms. The molecule has 0 bridgehead atoms. The van der Waals surface area contributed by atoms with Crippen molar-refractivity contribution in [2.24, 2.45) is 0 Å². The summed E-state index contributed by atoms with van der Waals surface area (Å²) in [5.41, 5.74) is 1.02. The molecule has 0 aliphatic rings. The molecule has 0 amide bonds. The SMILES string of the molecule is C[NH+](C)CCC(O)(c1ccccc1)c1ccccc1. The van der Waals surface area contributed by atoms with Crippen LogP contribution >= 0.6 is 0 Å². The van der Waals surface area contributed by atoms with E-state index in [1.54, 1.807) is 0 Å². The first-order valence-electron chi connectivity index (χ1n) is 6.75. The Balaban J connectivity index is 2.39. The Morgan fingerprint density at radius 3 is 1.63 bits per heavy atom. The van der Waals surface area contributed by atoms with Crippen LogP contribution in [0.1, 0.15) is 17.5 Å². The van der Waals surface area contributed by atoms with Gasteiger partial charge in [-0.3, -0.25) is 0 Å². The molecule has 2 aromatic rings. The maximum Gasteiger partial charge on any atom is 0.120 e. The van der Waals surface area contributed by atoms with Gasteiger partial charge in [0.15, 0.2) is 0 Å². The highest BCUT2D eigenvalue weighted by Gasteiger charge is 2.31. The lowest BCUT2D eigenvalue weighted by Gasteiger charge is -2.29. The van der Waals surface area contributed by atoms with Crippen LogP contribution in [0.3, 0.4) is 0 Å². The molecule has 100 valence electrons. The van der Waals surface area contributed by atoms with Gasteiger partial charge < -0.3 is 10.0 Å². The minimum atomic E-state index is -0.903. The number of hydrogen-bond acceptors (Lipinski definition) is 1. The van der Waals surface area contributed by atoms with E-state index in [4.69, 9.17) is 0 Å². The molecule has 19 heavy (non-hydrogen) atoms. The second kappa shape index (κ2) is 6.00. The molecule has 0 radical (unpaired) electrons. The number of nitrogens with one attached hydrogen (secondary N) is 1. The highest BCUT2D eigenvalue weighted by molar-refractivity contribution is 5.35. The number of quaternary nitrogens is 1. The molecule has 0 aliphatic heterocycles. The second-order valence-electron chi connectivity index (χ2n) is 5.30. The van der Waals surface area contributed by atoms with E-state index in [-0.39, 0.29) is 0 Å². The second-order valence-corrected chi connectivity index (χ2v) is 5.30. The molecule has 0 atom stereocenters. The van der Waals surface area contributed by atoms with Gasteiger partial charge in [0.1, 0.15) is 5.60 Å². The molecule has 0 heterocycles. The van der Waals surface area contributed by atoms with Gasteiger partial charge in [-0.05, 0) is 11.1 Å². The summed E-state index contributed by atoms with van der Waals surface area (Å²) in [5.74, 6) is 0. The first kappa shape index (κ1) is 13.8. The molecule has 0 saturated carbocycles. The molecule has 0 aliphatic carbocycles. The lowest BCUT2D eigenvalue weighted by Crippen LogP contribution is -3.05. The maximum atomic E-state index is 11.2. The molecular formula is C17H22NO+. The fourth-order valence-corrected chi connectivity index (χ4v) is 2.31. The van der Waals surface area contributed by atoms with Gasteiger partial charge in [0.2, 0.25) is 0 Å². The molecular weight excluding hydrogens is 234 g/mol. The highest BCUT2D eigenvalue weighted by Crippen LogP contribution is 2.32. The average molecular weight is 256 g/mol. The zero-order valence-electron chi connectivity index (χ0n) is 11.6. The van der Waals surface area contributed by atoms with Gasteiger partial charge in [0.05, 0.1) is 20.6 Å². The van der Waals surface area contributed by atoms with E-state index in [2.05, 4.69) is 14.1 Å². The molecule has 2 N–H and O–H groups in total. The third-order valence-electron chi connectivity index (χ3n) is 3.49. The van der Waals surface area contributed by atoms with Crippen LogP contribution in [0.2, 0.25) is 0 Å². The Kier molecular flexibility index (Phi) is 4.35. The van der Waals surface area contributed by atoms with Gasteiger partial charge >= 0.3 is 0 Å². The van der Waals surface area contributed by atoms with Crippen molar-refractivity contribution in [3.8, 4) is 0 Å². The van der Waals surface area contributed by atoms with Crippen molar-refractivity contribution in [1.29, 1.82) is 0 Å². The summed E-state index contributed by atoms with van der Waals surface area (Å²) in [6, 6.07) is 19.9. The molecule has 2 rings (SSSR count). The quantitative estimate of drug-likeness (QED) is 0.832. The van der Waals surface area contributed by atoms with E-state index in [0.29, 0.717) is 6.42 Å². The summed E-state index contributed by atoms with van der Waals surface area (Å²) in [6.07, 6.45) is 0.712. The number of benzene rings is 2. The Bertz CT molecular complexity index is 454. The van der Waals surface area contributed by atoms with E-state index in [1.165, 1.54) is 4.90 Å². The molecule has 0 saturated heterocycles. The van der Waals surface area contributed by atoms with Gasteiger partial charge in [0.25, 0.3) is 0 Å². The Morgan fingerprint density at radius 2 is 1.26 bits per heavy atom. The lowest BCUT2D eigenvalue weighted by atomic mass is 9.83. The van der Waals surface area contributed by atoms with Crippen LogP contribution in [0.4, 0.5) is 0 Å². The van der Waals surface area contributed by atoms with Gasteiger partial charge in [-0.25, -0.2) is 0 Å². The van der Waals surface area contributed by atoms with E-state index >= 15 is 0 Å². The molecule has 0 aromatic heterocycles. The zero-order valence-corrected chi connectivity index (χ0v) is 11.6. The van der Waals surface area contributed by atoms with Gasteiger partial charge in [-0.1, -0.05) is 60.7 Å². The van der Waals surface area contributed by atoms with Crippen LogP contribution in [0, 0.1) is 0 Å². The summed E-state index contributed by atoms with van der Waals surface area (Å²) in [5, 5.41) is 11.2. The Labute approximate surface area is 115 Å². The van der Waals surface area contributed by atoms with Crippen molar-refractivity contribution in [2.75, 3.05) is 20.6 Å². The van der Waals surface area contributed by atoms with E-state index in [9.17, 15) is 5.11 Å². The first-order valence-corrected chi connectivity index (χ1v) is 6.75. The summed E-state index contributed by atoms with van der Waals surface area (Å²) in [4.78, 5) is 1.34. The number of aliphatic hydroxyl groups is 1. The summed E-state index contributed by atoms with van der Waals surface area (Å²) < 4.78 is 0. The van der Waals surface area contributed by atoms with Crippen molar-refractivity contribution in [3.63, 3.8) is 0 Å². The first-order chi connectivity index (χ1) is 9.13. The minimum absolute atomic E-state index is 0.712. The Morgan fingerprint density at radius 1 is 0.842 bits per heavy atom. The van der Waals surface area contributed by atoms with Crippen LogP contribution in [0.25, 0.3) is 0 Å². The predicted molar refractivity (Wildman–Crippen MR) is 78.2 cm³/mol. The van der Waals surface area contributed by atoms with Gasteiger partial charge in [-0.2, -0.15) is 0 Å². The average Bonchev–Trinajstić information content (AvgIpc) is 2.46. The number of rotatable bonds is 5. The van der Waals surface area contributed by atoms with Gasteiger partial charge in [-0.15, -0.1) is 0 Å². The molecule has 2 aromatic carbocycles. The summed E-state index contributed by atoms with van der Waals surface area (Å²) in [7, 11) is 4.22. The standard InChI is InChI=1S/C17H21NO/c1-18(2)14-13-17(19,15-9-5-3-6-10-15)16-11-7-4-8-12-16/h3-12,19H,13-14H2,1-2H3/p+1. The minimum Gasteiger partial charge on any atom is -0.380 e. The Hall–Kier alpha value is -1.64. The van der Waals surface area contributed by atoms with Crippen molar-refractivity contribution in [1.82, 2.24) is 0 Å². The van der Waals surface area contributed by atoms with E-state index in [0.717, 1.165) is 17.7 Å². The fourth-order valence-electron chi connectivity index (χ4n) is 2.31.